The second-order valence-electron chi connectivity index (χ2n) is 7.38. The number of pyridine rings is 1. The van der Waals surface area contributed by atoms with E-state index in [1.807, 2.05) is 48.7 Å². The smallest absolute Gasteiger partial charge is 0.254 e. The molecule has 4 rings (SSSR count). The van der Waals surface area contributed by atoms with Gasteiger partial charge in [0.1, 0.15) is 5.82 Å². The summed E-state index contributed by atoms with van der Waals surface area (Å²) in [5.41, 5.74) is 3.44. The van der Waals surface area contributed by atoms with E-state index in [1.54, 1.807) is 6.20 Å². The monoisotopic (exact) mass is 388 g/mol. The Morgan fingerprint density at radius 3 is 2.72 bits per heavy atom. The van der Waals surface area contributed by atoms with Crippen LogP contribution in [0.25, 0.3) is 11.4 Å². The van der Waals surface area contributed by atoms with E-state index in [9.17, 15) is 9.59 Å². The molecule has 2 heterocycles. The SMILES string of the molecule is O=C(NCCc1cccnc1)C1CCc2nc(-c3ccccc3)[nH]c(=O)c2CC1. The van der Waals surface area contributed by atoms with Crippen LogP contribution in [0.2, 0.25) is 0 Å². The van der Waals surface area contributed by atoms with Crippen LogP contribution < -0.4 is 10.9 Å². The van der Waals surface area contributed by atoms with Crippen LogP contribution in [0.4, 0.5) is 0 Å². The van der Waals surface area contributed by atoms with E-state index in [-0.39, 0.29) is 17.4 Å². The van der Waals surface area contributed by atoms with Gasteiger partial charge in [-0.2, -0.15) is 0 Å². The fourth-order valence-corrected chi connectivity index (χ4v) is 3.80. The van der Waals surface area contributed by atoms with Crippen LogP contribution in [-0.4, -0.2) is 27.4 Å². The second kappa shape index (κ2) is 8.82. The highest BCUT2D eigenvalue weighted by atomic mass is 16.2. The summed E-state index contributed by atoms with van der Waals surface area (Å²) in [6.45, 7) is 0.588. The summed E-state index contributed by atoms with van der Waals surface area (Å²) in [5, 5.41) is 3.03. The summed E-state index contributed by atoms with van der Waals surface area (Å²) >= 11 is 0. The highest BCUT2D eigenvalue weighted by molar-refractivity contribution is 5.78. The second-order valence-corrected chi connectivity index (χ2v) is 7.38. The molecule has 3 aromatic rings. The van der Waals surface area contributed by atoms with Crippen molar-refractivity contribution >= 4 is 5.91 Å². The summed E-state index contributed by atoms with van der Waals surface area (Å²) in [6, 6.07) is 13.5. The Hall–Kier alpha value is -3.28. The minimum Gasteiger partial charge on any atom is -0.356 e. The third-order valence-corrected chi connectivity index (χ3v) is 5.43. The molecule has 1 aliphatic carbocycles. The minimum atomic E-state index is -0.0994. The Morgan fingerprint density at radius 1 is 1.10 bits per heavy atom. The van der Waals surface area contributed by atoms with Crippen molar-refractivity contribution in [2.24, 2.45) is 5.92 Å². The van der Waals surface area contributed by atoms with Gasteiger partial charge in [0.15, 0.2) is 0 Å². The number of benzene rings is 1. The van der Waals surface area contributed by atoms with Gasteiger partial charge in [-0.3, -0.25) is 14.6 Å². The van der Waals surface area contributed by atoms with Gasteiger partial charge in [-0.15, -0.1) is 0 Å². The van der Waals surface area contributed by atoms with Crippen molar-refractivity contribution < 1.29 is 4.79 Å². The average Bonchev–Trinajstić information content (AvgIpc) is 2.98. The largest absolute Gasteiger partial charge is 0.356 e. The van der Waals surface area contributed by atoms with E-state index < -0.39 is 0 Å². The maximum atomic E-state index is 12.6. The molecule has 2 N–H and O–H groups in total. The van der Waals surface area contributed by atoms with Crippen molar-refractivity contribution in [2.75, 3.05) is 6.54 Å². The number of hydrogen-bond donors (Lipinski definition) is 2. The zero-order valence-corrected chi connectivity index (χ0v) is 16.2. The van der Waals surface area contributed by atoms with Gasteiger partial charge < -0.3 is 10.3 Å². The molecule has 2 aromatic heterocycles. The molecule has 0 aliphatic heterocycles. The number of fused-ring (bicyclic) bond motifs is 1. The van der Waals surface area contributed by atoms with Gasteiger partial charge in [-0.25, -0.2) is 4.98 Å². The first-order valence-electron chi connectivity index (χ1n) is 10.0. The predicted octanol–water partition coefficient (Wildman–Crippen LogP) is 2.69. The molecule has 6 nitrogen and oxygen atoms in total. The van der Waals surface area contributed by atoms with E-state index in [0.29, 0.717) is 38.1 Å². The van der Waals surface area contributed by atoms with Gasteiger partial charge in [0, 0.05) is 36.0 Å². The number of aromatic amines is 1. The summed E-state index contributed by atoms with van der Waals surface area (Å²) in [7, 11) is 0. The number of amides is 1. The standard InChI is InChI=1S/C23H24N4O2/c28-22(25-14-12-16-5-4-13-24-15-16)18-8-10-19-20(11-9-18)26-21(27-23(19)29)17-6-2-1-3-7-17/h1-7,13,15,18H,8-12,14H2,(H,25,28)(H,26,27,29). The minimum absolute atomic E-state index is 0.0569. The summed E-state index contributed by atoms with van der Waals surface area (Å²) in [5.74, 6) is 0.549. The Balaban J connectivity index is 1.40. The predicted molar refractivity (Wildman–Crippen MR) is 111 cm³/mol. The van der Waals surface area contributed by atoms with Crippen LogP contribution in [0.1, 0.15) is 29.7 Å². The Kier molecular flexibility index (Phi) is 5.79. The fourth-order valence-electron chi connectivity index (χ4n) is 3.80. The van der Waals surface area contributed by atoms with Crippen molar-refractivity contribution in [1.82, 2.24) is 20.3 Å². The normalized spacial score (nSPS) is 15.9. The molecule has 0 bridgehead atoms. The van der Waals surface area contributed by atoms with Gasteiger partial charge >= 0.3 is 0 Å². The van der Waals surface area contributed by atoms with E-state index in [1.165, 1.54) is 0 Å². The Bertz CT molecular complexity index is 1030. The molecule has 0 radical (unpaired) electrons. The molecule has 0 fully saturated rings. The number of rotatable bonds is 5. The Labute approximate surface area is 169 Å². The molecule has 0 saturated heterocycles. The molecule has 29 heavy (non-hydrogen) atoms. The first-order chi connectivity index (χ1) is 14.2. The molecule has 1 unspecified atom stereocenters. The molecular weight excluding hydrogens is 364 g/mol. The topological polar surface area (TPSA) is 87.7 Å². The Morgan fingerprint density at radius 2 is 1.93 bits per heavy atom. The van der Waals surface area contributed by atoms with Crippen LogP contribution in [-0.2, 0) is 24.1 Å². The van der Waals surface area contributed by atoms with Crippen LogP contribution in [0, 0.1) is 5.92 Å². The van der Waals surface area contributed by atoms with Gasteiger partial charge in [0.25, 0.3) is 5.56 Å². The van der Waals surface area contributed by atoms with Gasteiger partial charge in [0.2, 0.25) is 5.91 Å². The van der Waals surface area contributed by atoms with Crippen LogP contribution in [0.3, 0.4) is 0 Å². The zero-order valence-electron chi connectivity index (χ0n) is 16.2. The van der Waals surface area contributed by atoms with E-state index in [0.717, 1.165) is 28.8 Å². The summed E-state index contributed by atoms with van der Waals surface area (Å²) in [4.78, 5) is 36.9. The van der Waals surface area contributed by atoms with E-state index >= 15 is 0 Å². The quantitative estimate of drug-likeness (QED) is 0.658. The van der Waals surface area contributed by atoms with Gasteiger partial charge in [-0.05, 0) is 43.7 Å². The molecule has 1 atom stereocenters. The highest BCUT2D eigenvalue weighted by Gasteiger charge is 2.25. The number of nitrogens with zero attached hydrogens (tertiary/aromatic N) is 2. The van der Waals surface area contributed by atoms with Crippen molar-refractivity contribution in [3.63, 3.8) is 0 Å². The van der Waals surface area contributed by atoms with Crippen LogP contribution >= 0.6 is 0 Å². The molecular formula is C23H24N4O2. The molecule has 0 spiro atoms. The lowest BCUT2D eigenvalue weighted by Gasteiger charge is -2.13. The maximum Gasteiger partial charge on any atom is 0.254 e. The molecule has 1 aliphatic rings. The fraction of sp³-hybridized carbons (Fsp3) is 0.304. The lowest BCUT2D eigenvalue weighted by Crippen LogP contribution is -2.32. The molecule has 1 aromatic carbocycles. The lowest BCUT2D eigenvalue weighted by molar-refractivity contribution is -0.125. The maximum absolute atomic E-state index is 12.6. The van der Waals surface area contributed by atoms with Crippen molar-refractivity contribution in [3.8, 4) is 11.4 Å². The lowest BCUT2D eigenvalue weighted by atomic mass is 9.99. The van der Waals surface area contributed by atoms with E-state index in [4.69, 9.17) is 4.98 Å². The van der Waals surface area contributed by atoms with Crippen molar-refractivity contribution in [3.05, 3.63) is 82.0 Å². The third-order valence-electron chi connectivity index (χ3n) is 5.43. The van der Waals surface area contributed by atoms with Gasteiger partial charge in [-0.1, -0.05) is 36.4 Å². The molecule has 0 saturated carbocycles. The third kappa shape index (κ3) is 4.59. The average molecular weight is 388 g/mol. The highest BCUT2D eigenvalue weighted by Crippen LogP contribution is 2.23. The summed E-state index contributed by atoms with van der Waals surface area (Å²) in [6.07, 6.45) is 6.90. The number of carbonyl (C=O) groups excluding carboxylic acids is 1. The van der Waals surface area contributed by atoms with Crippen LogP contribution in [0.5, 0.6) is 0 Å². The number of nitrogens with one attached hydrogen (secondary N) is 2. The number of carbonyl (C=O) groups is 1. The molecule has 1 amide bonds. The first kappa shape index (κ1) is 19.1. The van der Waals surface area contributed by atoms with Crippen molar-refractivity contribution in [1.29, 1.82) is 0 Å². The van der Waals surface area contributed by atoms with Crippen LogP contribution in [0.15, 0.2) is 59.7 Å². The first-order valence-corrected chi connectivity index (χ1v) is 10.0. The number of H-pyrrole nitrogens is 1. The molecule has 148 valence electrons. The zero-order chi connectivity index (χ0) is 20.1. The summed E-state index contributed by atoms with van der Waals surface area (Å²) < 4.78 is 0. The molecule has 6 heteroatoms. The van der Waals surface area contributed by atoms with Crippen molar-refractivity contribution in [2.45, 2.75) is 32.1 Å². The van der Waals surface area contributed by atoms with E-state index in [2.05, 4.69) is 15.3 Å². The number of aromatic nitrogens is 3. The van der Waals surface area contributed by atoms with Gasteiger partial charge in [0.05, 0.1) is 5.69 Å². The number of hydrogen-bond acceptors (Lipinski definition) is 4. The number of aryl methyl sites for hydroxylation is 1.